The molecule has 0 spiro atoms. The number of benzene rings is 2. The summed E-state index contributed by atoms with van der Waals surface area (Å²) in [4.78, 5) is 2.63. The largest absolute Gasteiger partial charge is 0.314 e. The molecule has 1 fully saturated rings. The first kappa shape index (κ1) is 14.6. The number of nitrogens with one attached hydrogen (secondary N) is 1. The summed E-state index contributed by atoms with van der Waals surface area (Å²) in [7, 11) is 0. The van der Waals surface area contributed by atoms with Crippen molar-refractivity contribution in [1.82, 2.24) is 10.2 Å². The van der Waals surface area contributed by atoms with E-state index >= 15 is 0 Å². The van der Waals surface area contributed by atoms with Crippen molar-refractivity contribution in [3.05, 3.63) is 48.0 Å². The number of hydrogen-bond acceptors (Lipinski definition) is 2. The summed E-state index contributed by atoms with van der Waals surface area (Å²) in [5.74, 6) is 0. The van der Waals surface area contributed by atoms with Gasteiger partial charge in [-0.3, -0.25) is 4.90 Å². The summed E-state index contributed by atoms with van der Waals surface area (Å²) in [6.07, 6.45) is 3.75. The molecule has 2 aromatic carbocycles. The number of nitrogens with zero attached hydrogens (tertiary/aromatic N) is 1. The van der Waals surface area contributed by atoms with E-state index < -0.39 is 0 Å². The topological polar surface area (TPSA) is 15.3 Å². The van der Waals surface area contributed by atoms with Crippen molar-refractivity contribution in [1.29, 1.82) is 0 Å². The van der Waals surface area contributed by atoms with Gasteiger partial charge in [0.1, 0.15) is 0 Å². The Morgan fingerprint density at radius 2 is 1.95 bits per heavy atom. The molecule has 0 aliphatic carbocycles. The molecular weight excluding hydrogens is 256 g/mol. The van der Waals surface area contributed by atoms with Crippen molar-refractivity contribution in [2.75, 3.05) is 19.6 Å². The van der Waals surface area contributed by atoms with Gasteiger partial charge in [0.05, 0.1) is 0 Å². The summed E-state index contributed by atoms with van der Waals surface area (Å²) in [5.41, 5.74) is 1.47. The van der Waals surface area contributed by atoms with Crippen molar-refractivity contribution in [2.45, 2.75) is 38.8 Å². The normalized spacial score (nSPS) is 21.1. The number of hydrogen-bond donors (Lipinski definition) is 1. The molecule has 0 bridgehead atoms. The lowest BCUT2D eigenvalue weighted by Gasteiger charge is -2.29. The van der Waals surface area contributed by atoms with Crippen LogP contribution in [0.25, 0.3) is 10.8 Å². The summed E-state index contributed by atoms with van der Waals surface area (Å²) >= 11 is 0. The van der Waals surface area contributed by atoms with Crippen LogP contribution in [-0.4, -0.2) is 30.6 Å². The first-order valence-electron chi connectivity index (χ1n) is 8.29. The predicted octanol–water partition coefficient (Wildman–Crippen LogP) is 3.80. The second-order valence-corrected chi connectivity index (χ2v) is 6.12. The molecule has 2 aromatic rings. The molecule has 0 amide bonds. The van der Waals surface area contributed by atoms with Gasteiger partial charge in [0.25, 0.3) is 0 Å². The highest BCUT2D eigenvalue weighted by molar-refractivity contribution is 5.85. The fraction of sp³-hybridized carbons (Fsp3) is 0.474. The van der Waals surface area contributed by atoms with Gasteiger partial charge in [-0.1, -0.05) is 49.4 Å². The summed E-state index contributed by atoms with van der Waals surface area (Å²) < 4.78 is 0. The zero-order valence-corrected chi connectivity index (χ0v) is 13.0. The Morgan fingerprint density at radius 3 is 2.86 bits per heavy atom. The zero-order chi connectivity index (χ0) is 14.5. The molecule has 1 N–H and O–H groups in total. The molecule has 2 nitrogen and oxygen atoms in total. The molecule has 1 unspecified atom stereocenters. The van der Waals surface area contributed by atoms with Gasteiger partial charge >= 0.3 is 0 Å². The lowest BCUT2D eigenvalue weighted by atomic mass is 10.0. The van der Waals surface area contributed by atoms with Gasteiger partial charge in [0.15, 0.2) is 0 Å². The van der Waals surface area contributed by atoms with Gasteiger partial charge in [-0.2, -0.15) is 0 Å². The van der Waals surface area contributed by atoms with Gasteiger partial charge in [-0.15, -0.1) is 0 Å². The Hall–Kier alpha value is -1.38. The average molecular weight is 282 g/mol. The Balaban J connectivity index is 1.74. The maximum Gasteiger partial charge on any atom is 0.0239 e. The van der Waals surface area contributed by atoms with Gasteiger partial charge in [-0.05, 0) is 55.2 Å². The smallest absolute Gasteiger partial charge is 0.0239 e. The van der Waals surface area contributed by atoms with E-state index in [1.807, 2.05) is 0 Å². The van der Waals surface area contributed by atoms with Gasteiger partial charge in [0, 0.05) is 12.6 Å². The van der Waals surface area contributed by atoms with E-state index in [1.165, 1.54) is 48.7 Å². The van der Waals surface area contributed by atoms with Crippen LogP contribution < -0.4 is 5.32 Å². The molecule has 1 heterocycles. The molecule has 112 valence electrons. The lowest BCUT2D eigenvalue weighted by Crippen LogP contribution is -2.39. The molecule has 1 saturated heterocycles. The van der Waals surface area contributed by atoms with E-state index in [2.05, 4.69) is 59.6 Å². The minimum absolute atomic E-state index is 0.695. The molecule has 0 saturated carbocycles. The van der Waals surface area contributed by atoms with Crippen molar-refractivity contribution in [2.24, 2.45) is 0 Å². The van der Waals surface area contributed by atoms with E-state index in [9.17, 15) is 0 Å². The minimum atomic E-state index is 0.695. The van der Waals surface area contributed by atoms with Crippen molar-refractivity contribution in [3.8, 4) is 0 Å². The highest BCUT2D eigenvalue weighted by Crippen LogP contribution is 2.20. The quantitative estimate of drug-likeness (QED) is 0.921. The van der Waals surface area contributed by atoms with Gasteiger partial charge in [0.2, 0.25) is 0 Å². The Morgan fingerprint density at radius 1 is 1.10 bits per heavy atom. The van der Waals surface area contributed by atoms with Gasteiger partial charge < -0.3 is 5.32 Å². The van der Waals surface area contributed by atoms with Crippen LogP contribution in [0, 0.1) is 0 Å². The maximum absolute atomic E-state index is 3.66. The van der Waals surface area contributed by atoms with Crippen molar-refractivity contribution >= 4 is 10.8 Å². The molecule has 0 aromatic heterocycles. The summed E-state index contributed by atoms with van der Waals surface area (Å²) in [6, 6.07) is 16.1. The van der Waals surface area contributed by atoms with Crippen LogP contribution in [0.5, 0.6) is 0 Å². The van der Waals surface area contributed by atoms with Crippen LogP contribution in [0.3, 0.4) is 0 Å². The summed E-state index contributed by atoms with van der Waals surface area (Å²) in [5, 5.41) is 6.42. The zero-order valence-electron chi connectivity index (χ0n) is 13.0. The monoisotopic (exact) mass is 282 g/mol. The Bertz CT molecular complexity index is 573. The third kappa shape index (κ3) is 3.63. The number of fused-ring (bicyclic) bond motifs is 1. The second-order valence-electron chi connectivity index (χ2n) is 6.12. The SMILES string of the molecule is CCC1CCN(Cc2cccc3ccccc23)CCCN1. The van der Waals surface area contributed by atoms with Crippen LogP contribution in [0.15, 0.2) is 42.5 Å². The van der Waals surface area contributed by atoms with E-state index in [1.54, 1.807) is 0 Å². The third-order valence-corrected chi connectivity index (χ3v) is 4.64. The van der Waals surface area contributed by atoms with Crippen LogP contribution in [0.4, 0.5) is 0 Å². The molecule has 1 atom stereocenters. The first-order valence-corrected chi connectivity index (χ1v) is 8.29. The highest BCUT2D eigenvalue weighted by atomic mass is 15.1. The molecule has 2 heteroatoms. The molecule has 0 radical (unpaired) electrons. The first-order chi connectivity index (χ1) is 10.4. The average Bonchev–Trinajstić information content (AvgIpc) is 2.51. The van der Waals surface area contributed by atoms with Crippen molar-refractivity contribution < 1.29 is 0 Å². The lowest BCUT2D eigenvalue weighted by molar-refractivity contribution is 0.225. The molecule has 1 aliphatic rings. The van der Waals surface area contributed by atoms with Crippen LogP contribution in [0.2, 0.25) is 0 Å². The van der Waals surface area contributed by atoms with Crippen LogP contribution in [-0.2, 0) is 6.54 Å². The second kappa shape index (κ2) is 7.06. The molecule has 3 rings (SSSR count). The van der Waals surface area contributed by atoms with Crippen molar-refractivity contribution in [3.63, 3.8) is 0 Å². The maximum atomic E-state index is 3.66. The fourth-order valence-corrected chi connectivity index (χ4v) is 3.34. The predicted molar refractivity (Wildman–Crippen MR) is 90.5 cm³/mol. The third-order valence-electron chi connectivity index (χ3n) is 4.64. The number of rotatable bonds is 3. The highest BCUT2D eigenvalue weighted by Gasteiger charge is 2.14. The van der Waals surface area contributed by atoms with E-state index in [4.69, 9.17) is 0 Å². The summed E-state index contributed by atoms with van der Waals surface area (Å²) in [6.45, 7) is 6.93. The van der Waals surface area contributed by atoms with E-state index in [0.29, 0.717) is 6.04 Å². The standard InChI is InChI=1S/C19H26N2/c1-2-18-11-14-21(13-6-12-20-18)15-17-9-5-8-16-7-3-4-10-19(16)17/h3-5,7-10,18,20H,2,6,11-15H2,1H3. The fourth-order valence-electron chi connectivity index (χ4n) is 3.34. The van der Waals surface area contributed by atoms with Crippen LogP contribution in [0.1, 0.15) is 31.7 Å². The van der Waals surface area contributed by atoms with Gasteiger partial charge in [-0.25, -0.2) is 0 Å². The molecule has 21 heavy (non-hydrogen) atoms. The van der Waals surface area contributed by atoms with E-state index in [0.717, 1.165) is 13.1 Å². The minimum Gasteiger partial charge on any atom is -0.314 e. The Labute approximate surface area is 128 Å². The molecular formula is C19H26N2. The van der Waals surface area contributed by atoms with Crippen LogP contribution >= 0.6 is 0 Å². The van der Waals surface area contributed by atoms with E-state index in [-0.39, 0.29) is 0 Å². The molecule has 1 aliphatic heterocycles. The Kier molecular flexibility index (Phi) is 4.89.